The Balaban J connectivity index is 3.45. The summed E-state index contributed by atoms with van der Waals surface area (Å²) in [6, 6.07) is 4.55. The highest BCUT2D eigenvalue weighted by Crippen LogP contribution is 2.23. The Kier molecular flexibility index (Phi) is 2.79. The highest BCUT2D eigenvalue weighted by atomic mass is 16.6. The Bertz CT molecular complexity index is 421. The number of rotatable bonds is 2. The fraction of sp³-hybridized carbons (Fsp3) is 0.222. The minimum absolute atomic E-state index is 0.0483. The van der Waals surface area contributed by atoms with Crippen LogP contribution in [0.3, 0.4) is 0 Å². The maximum absolute atomic E-state index is 10.6. The second-order valence-electron chi connectivity index (χ2n) is 2.83. The number of hydrogen-bond acceptors (Lipinski definition) is 4. The molecule has 0 aliphatic rings. The van der Waals surface area contributed by atoms with Gasteiger partial charge in [0.15, 0.2) is 0 Å². The SMILES string of the molecule is Cc1cc(CO)cc([N+](=O)[O-])c1C#N. The molecule has 5 heteroatoms. The standard InChI is InChI=1S/C9H8N2O3/c1-6-2-7(5-12)3-9(11(13)14)8(6)4-10/h2-3,12H,5H2,1H3. The highest BCUT2D eigenvalue weighted by molar-refractivity contribution is 5.54. The summed E-state index contributed by atoms with van der Waals surface area (Å²) in [6.45, 7) is 1.33. The third-order valence-corrected chi connectivity index (χ3v) is 1.87. The van der Waals surface area contributed by atoms with Gasteiger partial charge >= 0.3 is 0 Å². The molecule has 0 fully saturated rings. The molecule has 0 radical (unpaired) electrons. The molecule has 0 amide bonds. The number of benzene rings is 1. The molecule has 1 aromatic carbocycles. The highest BCUT2D eigenvalue weighted by Gasteiger charge is 2.16. The van der Waals surface area contributed by atoms with Crippen molar-refractivity contribution >= 4 is 5.69 Å². The molecule has 0 aliphatic carbocycles. The molecule has 0 spiro atoms. The molecule has 14 heavy (non-hydrogen) atoms. The van der Waals surface area contributed by atoms with Crippen LogP contribution in [-0.4, -0.2) is 10.0 Å². The average molecular weight is 192 g/mol. The van der Waals surface area contributed by atoms with E-state index in [9.17, 15) is 10.1 Å². The van der Waals surface area contributed by atoms with E-state index in [4.69, 9.17) is 10.4 Å². The zero-order valence-corrected chi connectivity index (χ0v) is 7.52. The Hall–Kier alpha value is -1.93. The smallest absolute Gasteiger partial charge is 0.287 e. The van der Waals surface area contributed by atoms with Crippen molar-refractivity contribution in [2.24, 2.45) is 0 Å². The van der Waals surface area contributed by atoms with E-state index in [1.807, 2.05) is 0 Å². The molecule has 0 aromatic heterocycles. The van der Waals surface area contributed by atoms with Gasteiger partial charge in [-0.3, -0.25) is 10.1 Å². The number of nitrogens with zero attached hydrogens (tertiary/aromatic N) is 2. The summed E-state index contributed by atoms with van der Waals surface area (Å²) in [4.78, 5) is 9.95. The normalized spacial score (nSPS) is 9.50. The fourth-order valence-electron chi connectivity index (χ4n) is 1.22. The summed E-state index contributed by atoms with van der Waals surface area (Å²) in [7, 11) is 0. The molecule has 0 unspecified atom stereocenters. The quantitative estimate of drug-likeness (QED) is 0.564. The molecule has 1 rings (SSSR count). The van der Waals surface area contributed by atoms with E-state index in [1.54, 1.807) is 19.1 Å². The van der Waals surface area contributed by atoms with Crippen LogP contribution in [0.5, 0.6) is 0 Å². The number of nitro groups is 1. The van der Waals surface area contributed by atoms with Gasteiger partial charge in [-0.1, -0.05) is 6.07 Å². The third-order valence-electron chi connectivity index (χ3n) is 1.87. The van der Waals surface area contributed by atoms with Gasteiger partial charge in [0.1, 0.15) is 11.6 Å². The van der Waals surface area contributed by atoms with E-state index < -0.39 is 4.92 Å². The number of nitro benzene ring substituents is 1. The minimum atomic E-state index is -0.620. The number of aliphatic hydroxyl groups excluding tert-OH is 1. The lowest BCUT2D eigenvalue weighted by atomic mass is 10.0. The Morgan fingerprint density at radius 2 is 2.29 bits per heavy atom. The summed E-state index contributed by atoms with van der Waals surface area (Å²) in [5, 5.41) is 28.1. The summed E-state index contributed by atoms with van der Waals surface area (Å²) in [5.74, 6) is 0. The molecule has 72 valence electrons. The molecule has 5 nitrogen and oxygen atoms in total. The first-order chi connectivity index (χ1) is 6.60. The Labute approximate surface area is 80.4 Å². The van der Waals surface area contributed by atoms with Crippen molar-refractivity contribution in [3.63, 3.8) is 0 Å². The van der Waals surface area contributed by atoms with Gasteiger partial charge in [0.25, 0.3) is 5.69 Å². The molecule has 0 atom stereocenters. The van der Waals surface area contributed by atoms with E-state index in [2.05, 4.69) is 0 Å². The topological polar surface area (TPSA) is 87.2 Å². The first-order valence-electron chi connectivity index (χ1n) is 3.89. The van der Waals surface area contributed by atoms with Crippen LogP contribution >= 0.6 is 0 Å². The summed E-state index contributed by atoms with van der Waals surface area (Å²) >= 11 is 0. The van der Waals surface area contributed by atoms with Crippen LogP contribution in [-0.2, 0) is 6.61 Å². The Morgan fingerprint density at radius 3 is 2.71 bits per heavy atom. The third kappa shape index (κ3) is 1.70. The van der Waals surface area contributed by atoms with Crippen LogP contribution in [0.15, 0.2) is 12.1 Å². The zero-order chi connectivity index (χ0) is 10.7. The predicted octanol–water partition coefficient (Wildman–Crippen LogP) is 1.27. The number of aliphatic hydroxyl groups is 1. The van der Waals surface area contributed by atoms with Gasteiger partial charge in [0.2, 0.25) is 0 Å². The summed E-state index contributed by atoms with van der Waals surface area (Å²) in [6.07, 6.45) is 0. The molecule has 0 saturated carbocycles. The molecule has 1 aromatic rings. The molecule has 0 aliphatic heterocycles. The van der Waals surface area contributed by atoms with Crippen molar-refractivity contribution in [2.45, 2.75) is 13.5 Å². The molecule has 0 bridgehead atoms. The van der Waals surface area contributed by atoms with Gasteiger partial charge in [-0.2, -0.15) is 5.26 Å². The van der Waals surface area contributed by atoms with Crippen molar-refractivity contribution in [3.8, 4) is 6.07 Å². The Morgan fingerprint density at radius 1 is 1.64 bits per heavy atom. The van der Waals surface area contributed by atoms with E-state index >= 15 is 0 Å². The van der Waals surface area contributed by atoms with Crippen molar-refractivity contribution in [1.29, 1.82) is 5.26 Å². The number of nitriles is 1. The average Bonchev–Trinajstić information content (AvgIpc) is 2.16. The predicted molar refractivity (Wildman–Crippen MR) is 48.5 cm³/mol. The lowest BCUT2D eigenvalue weighted by molar-refractivity contribution is -0.385. The lowest BCUT2D eigenvalue weighted by Gasteiger charge is -2.02. The largest absolute Gasteiger partial charge is 0.392 e. The van der Waals surface area contributed by atoms with Crippen molar-refractivity contribution in [1.82, 2.24) is 0 Å². The van der Waals surface area contributed by atoms with Crippen LogP contribution in [0.2, 0.25) is 0 Å². The second kappa shape index (κ2) is 3.85. The molecule has 0 saturated heterocycles. The second-order valence-corrected chi connectivity index (χ2v) is 2.83. The minimum Gasteiger partial charge on any atom is -0.392 e. The van der Waals surface area contributed by atoms with Crippen molar-refractivity contribution in [3.05, 3.63) is 38.9 Å². The maximum atomic E-state index is 10.6. The maximum Gasteiger partial charge on any atom is 0.287 e. The summed E-state index contributed by atoms with van der Waals surface area (Å²) < 4.78 is 0. The molecule has 1 N–H and O–H groups in total. The van der Waals surface area contributed by atoms with E-state index in [0.717, 1.165) is 0 Å². The fourth-order valence-corrected chi connectivity index (χ4v) is 1.22. The van der Waals surface area contributed by atoms with Crippen molar-refractivity contribution < 1.29 is 10.0 Å². The number of hydrogen-bond donors (Lipinski definition) is 1. The first-order valence-corrected chi connectivity index (χ1v) is 3.89. The van der Waals surface area contributed by atoms with Crippen LogP contribution in [0, 0.1) is 28.4 Å². The van der Waals surface area contributed by atoms with Crippen LogP contribution in [0.1, 0.15) is 16.7 Å². The molecular weight excluding hydrogens is 184 g/mol. The van der Waals surface area contributed by atoms with E-state index in [-0.39, 0.29) is 17.9 Å². The van der Waals surface area contributed by atoms with Crippen LogP contribution in [0.4, 0.5) is 5.69 Å². The van der Waals surface area contributed by atoms with Gasteiger partial charge in [-0.05, 0) is 18.1 Å². The van der Waals surface area contributed by atoms with Gasteiger partial charge in [0.05, 0.1) is 11.5 Å². The lowest BCUT2D eigenvalue weighted by Crippen LogP contribution is -1.97. The van der Waals surface area contributed by atoms with E-state index in [0.29, 0.717) is 11.1 Å². The molecule has 0 heterocycles. The summed E-state index contributed by atoms with van der Waals surface area (Å²) in [5.41, 5.74) is 0.739. The van der Waals surface area contributed by atoms with Gasteiger partial charge in [0, 0.05) is 6.07 Å². The van der Waals surface area contributed by atoms with Gasteiger partial charge in [-0.15, -0.1) is 0 Å². The van der Waals surface area contributed by atoms with Crippen molar-refractivity contribution in [2.75, 3.05) is 0 Å². The van der Waals surface area contributed by atoms with Crippen LogP contribution < -0.4 is 0 Å². The zero-order valence-electron chi connectivity index (χ0n) is 7.52. The number of aryl methyl sites for hydroxylation is 1. The van der Waals surface area contributed by atoms with Gasteiger partial charge < -0.3 is 5.11 Å². The van der Waals surface area contributed by atoms with Crippen LogP contribution in [0.25, 0.3) is 0 Å². The monoisotopic (exact) mass is 192 g/mol. The molecular formula is C9H8N2O3. The van der Waals surface area contributed by atoms with Gasteiger partial charge in [-0.25, -0.2) is 0 Å². The van der Waals surface area contributed by atoms with E-state index in [1.165, 1.54) is 6.07 Å². The first kappa shape index (κ1) is 10.2.